The first-order valence-electron chi connectivity index (χ1n) is 9.39. The molecule has 8 nitrogen and oxygen atoms in total. The SMILES string of the molecule is CC(C)C[C@@H](C(=O)NN(CC(C)C)S(C)(=O)=O)C(Sc1ccccc1)C(=O)NO. The maximum Gasteiger partial charge on any atom is 0.257 e. The summed E-state index contributed by atoms with van der Waals surface area (Å²) in [5.41, 5.74) is 4.11. The number of hydroxylamine groups is 1. The van der Waals surface area contributed by atoms with E-state index in [1.807, 2.05) is 45.9 Å². The van der Waals surface area contributed by atoms with E-state index in [9.17, 15) is 23.2 Å². The molecular weight excluding hydrogens is 414 g/mol. The Bertz CT molecular complexity index is 769. The molecule has 0 aliphatic carbocycles. The van der Waals surface area contributed by atoms with Crippen LogP contribution in [0.4, 0.5) is 0 Å². The summed E-state index contributed by atoms with van der Waals surface area (Å²) >= 11 is 1.15. The molecule has 0 saturated heterocycles. The molecule has 164 valence electrons. The Morgan fingerprint density at radius 1 is 1.07 bits per heavy atom. The van der Waals surface area contributed by atoms with Gasteiger partial charge in [-0.05, 0) is 30.4 Å². The Labute approximate surface area is 177 Å². The summed E-state index contributed by atoms with van der Waals surface area (Å²) in [6, 6.07) is 9.05. The van der Waals surface area contributed by atoms with Gasteiger partial charge in [0.15, 0.2) is 0 Å². The van der Waals surface area contributed by atoms with Gasteiger partial charge in [-0.25, -0.2) is 13.9 Å². The summed E-state index contributed by atoms with van der Waals surface area (Å²) in [6.07, 6.45) is 1.35. The van der Waals surface area contributed by atoms with E-state index in [1.165, 1.54) is 0 Å². The molecule has 0 aliphatic rings. The second-order valence-electron chi connectivity index (χ2n) is 7.73. The molecule has 0 spiro atoms. The molecule has 10 heteroatoms. The van der Waals surface area contributed by atoms with E-state index in [4.69, 9.17) is 0 Å². The number of amides is 2. The molecule has 0 aromatic heterocycles. The monoisotopic (exact) mass is 445 g/mol. The summed E-state index contributed by atoms with van der Waals surface area (Å²) in [6.45, 7) is 7.60. The lowest BCUT2D eigenvalue weighted by molar-refractivity contribution is -0.135. The van der Waals surface area contributed by atoms with Gasteiger partial charge in [0.25, 0.3) is 5.91 Å². The third kappa shape index (κ3) is 8.73. The van der Waals surface area contributed by atoms with Gasteiger partial charge in [0.05, 0.1) is 12.2 Å². The molecule has 1 aromatic rings. The zero-order valence-corrected chi connectivity index (χ0v) is 19.1. The fourth-order valence-corrected chi connectivity index (χ4v) is 4.70. The van der Waals surface area contributed by atoms with Crippen LogP contribution in [0.5, 0.6) is 0 Å². The van der Waals surface area contributed by atoms with Gasteiger partial charge in [0, 0.05) is 11.4 Å². The van der Waals surface area contributed by atoms with Crippen molar-refractivity contribution >= 4 is 33.6 Å². The van der Waals surface area contributed by atoms with E-state index in [0.29, 0.717) is 6.42 Å². The molecule has 1 aromatic carbocycles. The van der Waals surface area contributed by atoms with Gasteiger partial charge in [-0.3, -0.25) is 20.2 Å². The van der Waals surface area contributed by atoms with E-state index in [1.54, 1.807) is 17.6 Å². The maximum absolute atomic E-state index is 13.1. The van der Waals surface area contributed by atoms with Gasteiger partial charge in [-0.1, -0.05) is 45.9 Å². The lowest BCUT2D eigenvalue weighted by atomic mass is 9.92. The van der Waals surface area contributed by atoms with Crippen molar-refractivity contribution in [3.05, 3.63) is 30.3 Å². The lowest BCUT2D eigenvalue weighted by Gasteiger charge is -2.29. The van der Waals surface area contributed by atoms with E-state index < -0.39 is 33.0 Å². The minimum atomic E-state index is -3.68. The van der Waals surface area contributed by atoms with E-state index >= 15 is 0 Å². The predicted molar refractivity (Wildman–Crippen MR) is 113 cm³/mol. The summed E-state index contributed by atoms with van der Waals surface area (Å²) < 4.78 is 25.1. The number of hydrogen-bond acceptors (Lipinski definition) is 6. The Hall–Kier alpha value is -1.62. The quantitative estimate of drug-likeness (QED) is 0.273. The van der Waals surface area contributed by atoms with Crippen molar-refractivity contribution in [1.29, 1.82) is 0 Å². The highest BCUT2D eigenvalue weighted by Gasteiger charge is 2.36. The second kappa shape index (κ2) is 11.5. The number of nitrogens with one attached hydrogen (secondary N) is 2. The number of sulfonamides is 1. The third-order valence-corrected chi connectivity index (χ3v) is 6.35. The Morgan fingerprint density at radius 3 is 2.10 bits per heavy atom. The third-order valence-electron chi connectivity index (χ3n) is 3.97. The molecule has 0 saturated carbocycles. The number of thioether (sulfide) groups is 1. The van der Waals surface area contributed by atoms with E-state index in [2.05, 4.69) is 5.43 Å². The van der Waals surface area contributed by atoms with Crippen LogP contribution in [0.15, 0.2) is 35.2 Å². The molecule has 2 amide bonds. The molecule has 0 radical (unpaired) electrons. The van der Waals surface area contributed by atoms with Gasteiger partial charge in [0.1, 0.15) is 5.25 Å². The zero-order chi connectivity index (χ0) is 22.2. The molecule has 0 heterocycles. The van der Waals surface area contributed by atoms with Gasteiger partial charge < -0.3 is 0 Å². The first-order chi connectivity index (χ1) is 13.5. The van der Waals surface area contributed by atoms with Crippen molar-refractivity contribution in [2.45, 2.75) is 44.3 Å². The molecular formula is C19H31N3O5S2. The molecule has 1 rings (SSSR count). The topological polar surface area (TPSA) is 116 Å². The summed E-state index contributed by atoms with van der Waals surface area (Å²) in [4.78, 5) is 26.2. The molecule has 0 fully saturated rings. The highest BCUT2D eigenvalue weighted by atomic mass is 32.2. The molecule has 29 heavy (non-hydrogen) atoms. The normalized spacial score (nSPS) is 14.1. The zero-order valence-electron chi connectivity index (χ0n) is 17.5. The van der Waals surface area contributed by atoms with Gasteiger partial charge in [-0.15, -0.1) is 16.2 Å². The number of nitrogens with zero attached hydrogens (tertiary/aromatic N) is 1. The Morgan fingerprint density at radius 2 is 1.66 bits per heavy atom. The second-order valence-corrected chi connectivity index (χ2v) is 10.8. The van der Waals surface area contributed by atoms with Gasteiger partial charge in [0.2, 0.25) is 15.9 Å². The van der Waals surface area contributed by atoms with Crippen LogP contribution in [0.3, 0.4) is 0 Å². The van der Waals surface area contributed by atoms with Crippen molar-refractivity contribution in [2.75, 3.05) is 12.8 Å². The van der Waals surface area contributed by atoms with Crippen LogP contribution in [-0.2, 0) is 19.6 Å². The number of carbonyl (C=O) groups is 2. The van der Waals surface area contributed by atoms with Crippen LogP contribution in [0.25, 0.3) is 0 Å². The summed E-state index contributed by atoms with van der Waals surface area (Å²) in [7, 11) is -3.68. The van der Waals surface area contributed by atoms with E-state index in [0.717, 1.165) is 27.3 Å². The maximum atomic E-state index is 13.1. The van der Waals surface area contributed by atoms with E-state index in [-0.39, 0.29) is 18.4 Å². The minimum Gasteiger partial charge on any atom is -0.289 e. The van der Waals surface area contributed by atoms with Crippen LogP contribution in [-0.4, -0.2) is 47.9 Å². The summed E-state index contributed by atoms with van der Waals surface area (Å²) in [5.74, 6) is -2.10. The molecule has 0 bridgehead atoms. The highest BCUT2D eigenvalue weighted by molar-refractivity contribution is 8.00. The largest absolute Gasteiger partial charge is 0.289 e. The van der Waals surface area contributed by atoms with Crippen LogP contribution in [0.2, 0.25) is 0 Å². The number of carbonyl (C=O) groups excluding carboxylic acids is 2. The Kier molecular flexibility index (Phi) is 10.1. The number of hydrazine groups is 1. The average Bonchev–Trinajstić information content (AvgIpc) is 2.62. The first kappa shape index (κ1) is 25.4. The Balaban J connectivity index is 3.20. The van der Waals surface area contributed by atoms with Gasteiger partial charge >= 0.3 is 0 Å². The average molecular weight is 446 g/mol. The highest BCUT2D eigenvalue weighted by Crippen LogP contribution is 2.32. The smallest absolute Gasteiger partial charge is 0.257 e. The van der Waals surface area contributed by atoms with Crippen molar-refractivity contribution in [2.24, 2.45) is 17.8 Å². The minimum absolute atomic E-state index is 0.0104. The fraction of sp³-hybridized carbons (Fsp3) is 0.579. The first-order valence-corrected chi connectivity index (χ1v) is 12.1. The lowest BCUT2D eigenvalue weighted by Crippen LogP contribution is -2.52. The molecule has 1 unspecified atom stereocenters. The van der Waals surface area contributed by atoms with Crippen molar-refractivity contribution < 1.29 is 23.2 Å². The fourth-order valence-electron chi connectivity index (χ4n) is 2.71. The van der Waals surface area contributed by atoms with Crippen molar-refractivity contribution in [1.82, 2.24) is 15.3 Å². The van der Waals surface area contributed by atoms with Crippen LogP contribution >= 0.6 is 11.8 Å². The van der Waals surface area contributed by atoms with Crippen LogP contribution < -0.4 is 10.9 Å². The van der Waals surface area contributed by atoms with Crippen molar-refractivity contribution in [3.8, 4) is 0 Å². The van der Waals surface area contributed by atoms with Gasteiger partial charge in [-0.2, -0.15) is 0 Å². The molecule has 0 aliphatic heterocycles. The molecule has 3 N–H and O–H groups in total. The molecule has 2 atom stereocenters. The number of benzene rings is 1. The van der Waals surface area contributed by atoms with Crippen LogP contribution in [0, 0.1) is 17.8 Å². The van der Waals surface area contributed by atoms with Crippen LogP contribution in [0.1, 0.15) is 34.1 Å². The summed E-state index contributed by atoms with van der Waals surface area (Å²) in [5, 5.41) is 8.29. The van der Waals surface area contributed by atoms with Crippen molar-refractivity contribution in [3.63, 3.8) is 0 Å². The number of hydrogen-bond donors (Lipinski definition) is 3. The predicted octanol–water partition coefficient (Wildman–Crippen LogP) is 2.26. The standard InChI is InChI=1S/C19H31N3O5S2/c1-13(2)11-16(18(23)20-22(12-14(3)4)29(5,26)27)17(19(24)21-25)28-15-9-7-6-8-10-15/h6-10,13-14,16-17,25H,11-12H2,1-5H3,(H,20,23)(H,21,24)/t16-,17?/m1/s1. The number of rotatable bonds is 11.